The molecule has 0 spiro atoms. The van der Waals surface area contributed by atoms with Crippen LogP contribution >= 0.6 is 0 Å². The van der Waals surface area contributed by atoms with Gasteiger partial charge in [-0.25, -0.2) is 4.39 Å². The number of nitriles is 1. The van der Waals surface area contributed by atoms with E-state index < -0.39 is 5.82 Å². The smallest absolute Gasteiger partial charge is 0.141 e. The molecule has 2 aromatic rings. The molecule has 102 valence electrons. The Bertz CT molecular complexity index is 602. The third-order valence-corrected chi connectivity index (χ3v) is 3.28. The highest BCUT2D eigenvalue weighted by molar-refractivity contribution is 5.50. The maximum absolute atomic E-state index is 13.3. The molecule has 2 aromatic carbocycles. The van der Waals surface area contributed by atoms with Crippen molar-refractivity contribution in [1.82, 2.24) is 0 Å². The summed E-state index contributed by atoms with van der Waals surface area (Å²) in [5.74, 6) is -0.478. The standard InChI is InChI=1S/C17H17FN2/c1-2-15(10-13-6-4-3-5-7-13)20-16-8-9-17(18)14(11-16)12-19/h3-9,11,15,20H,2,10H2,1H3. The Morgan fingerprint density at radius 1 is 1.20 bits per heavy atom. The highest BCUT2D eigenvalue weighted by Gasteiger charge is 2.09. The fraction of sp³-hybridized carbons (Fsp3) is 0.235. The van der Waals surface area contributed by atoms with E-state index in [1.54, 1.807) is 12.1 Å². The Kier molecular flexibility index (Phi) is 4.73. The van der Waals surface area contributed by atoms with Crippen LogP contribution in [0.3, 0.4) is 0 Å². The molecule has 2 rings (SSSR count). The zero-order valence-electron chi connectivity index (χ0n) is 11.4. The van der Waals surface area contributed by atoms with Gasteiger partial charge in [0.2, 0.25) is 0 Å². The van der Waals surface area contributed by atoms with E-state index in [4.69, 9.17) is 5.26 Å². The van der Waals surface area contributed by atoms with Crippen LogP contribution in [0.25, 0.3) is 0 Å². The van der Waals surface area contributed by atoms with Crippen molar-refractivity contribution in [3.05, 3.63) is 65.5 Å². The first-order chi connectivity index (χ1) is 9.72. The number of nitrogens with one attached hydrogen (secondary N) is 1. The van der Waals surface area contributed by atoms with Crippen molar-refractivity contribution in [2.75, 3.05) is 5.32 Å². The summed E-state index contributed by atoms with van der Waals surface area (Å²) in [4.78, 5) is 0. The molecule has 0 heterocycles. The van der Waals surface area contributed by atoms with Gasteiger partial charge in [-0.05, 0) is 36.6 Å². The van der Waals surface area contributed by atoms with Gasteiger partial charge in [0.1, 0.15) is 11.9 Å². The lowest BCUT2D eigenvalue weighted by Crippen LogP contribution is -2.21. The molecule has 0 amide bonds. The molecule has 2 nitrogen and oxygen atoms in total. The lowest BCUT2D eigenvalue weighted by atomic mass is 10.0. The zero-order valence-corrected chi connectivity index (χ0v) is 11.4. The van der Waals surface area contributed by atoms with Gasteiger partial charge in [-0.3, -0.25) is 0 Å². The van der Waals surface area contributed by atoms with Gasteiger partial charge in [0, 0.05) is 11.7 Å². The van der Waals surface area contributed by atoms with Crippen molar-refractivity contribution in [3.8, 4) is 6.07 Å². The summed E-state index contributed by atoms with van der Waals surface area (Å²) in [6.45, 7) is 2.11. The average Bonchev–Trinajstić information content (AvgIpc) is 2.49. The summed E-state index contributed by atoms with van der Waals surface area (Å²) < 4.78 is 13.3. The Balaban J connectivity index is 2.09. The molecule has 0 bridgehead atoms. The van der Waals surface area contributed by atoms with E-state index in [0.717, 1.165) is 18.5 Å². The normalized spacial score (nSPS) is 11.7. The van der Waals surface area contributed by atoms with Gasteiger partial charge < -0.3 is 5.32 Å². The minimum absolute atomic E-state index is 0.0737. The van der Waals surface area contributed by atoms with Gasteiger partial charge in [0.05, 0.1) is 5.56 Å². The van der Waals surface area contributed by atoms with Crippen LogP contribution in [0.4, 0.5) is 10.1 Å². The molecule has 0 aliphatic carbocycles. The number of hydrogen-bond acceptors (Lipinski definition) is 2. The van der Waals surface area contributed by atoms with Gasteiger partial charge >= 0.3 is 0 Å². The van der Waals surface area contributed by atoms with Crippen molar-refractivity contribution < 1.29 is 4.39 Å². The van der Waals surface area contributed by atoms with Gasteiger partial charge in [-0.2, -0.15) is 5.26 Å². The third-order valence-electron chi connectivity index (χ3n) is 3.28. The fourth-order valence-electron chi connectivity index (χ4n) is 2.13. The van der Waals surface area contributed by atoms with E-state index in [1.165, 1.54) is 11.6 Å². The monoisotopic (exact) mass is 268 g/mol. The minimum atomic E-state index is -0.478. The largest absolute Gasteiger partial charge is 0.382 e. The SMILES string of the molecule is CCC(Cc1ccccc1)Nc1ccc(F)c(C#N)c1. The van der Waals surface area contributed by atoms with Crippen LogP contribution < -0.4 is 5.32 Å². The summed E-state index contributed by atoms with van der Waals surface area (Å²) in [5, 5.41) is 12.2. The Labute approximate surface area is 118 Å². The number of anilines is 1. The third kappa shape index (κ3) is 3.58. The molecule has 0 fully saturated rings. The Morgan fingerprint density at radius 3 is 2.60 bits per heavy atom. The first kappa shape index (κ1) is 14.1. The summed E-state index contributed by atoms with van der Waals surface area (Å²) in [7, 11) is 0. The van der Waals surface area contributed by atoms with Crippen molar-refractivity contribution in [3.63, 3.8) is 0 Å². The van der Waals surface area contributed by atoms with E-state index >= 15 is 0 Å². The van der Waals surface area contributed by atoms with E-state index in [2.05, 4.69) is 24.4 Å². The van der Waals surface area contributed by atoms with Gasteiger partial charge in [0.15, 0.2) is 0 Å². The maximum atomic E-state index is 13.3. The lowest BCUT2D eigenvalue weighted by Gasteiger charge is -2.18. The zero-order chi connectivity index (χ0) is 14.4. The topological polar surface area (TPSA) is 35.8 Å². The van der Waals surface area contributed by atoms with Crippen molar-refractivity contribution in [2.24, 2.45) is 0 Å². The predicted molar refractivity (Wildman–Crippen MR) is 79.0 cm³/mol. The molecular formula is C17H17FN2. The lowest BCUT2D eigenvalue weighted by molar-refractivity contribution is 0.623. The van der Waals surface area contributed by atoms with Crippen LogP contribution in [0.1, 0.15) is 24.5 Å². The highest BCUT2D eigenvalue weighted by Crippen LogP contribution is 2.17. The van der Waals surface area contributed by atoms with Gasteiger partial charge in [0.25, 0.3) is 0 Å². The minimum Gasteiger partial charge on any atom is -0.382 e. The molecular weight excluding hydrogens is 251 g/mol. The quantitative estimate of drug-likeness (QED) is 0.885. The predicted octanol–water partition coefficient (Wildman–Crippen LogP) is 4.13. The second-order valence-electron chi connectivity index (χ2n) is 4.75. The number of halogens is 1. The Hall–Kier alpha value is -2.34. The summed E-state index contributed by atoms with van der Waals surface area (Å²) >= 11 is 0. The van der Waals surface area contributed by atoms with E-state index in [-0.39, 0.29) is 11.6 Å². The van der Waals surface area contributed by atoms with Crippen LogP contribution in [-0.4, -0.2) is 6.04 Å². The molecule has 1 atom stereocenters. The fourth-order valence-corrected chi connectivity index (χ4v) is 2.13. The highest BCUT2D eigenvalue weighted by atomic mass is 19.1. The van der Waals surface area contributed by atoms with Crippen LogP contribution in [0, 0.1) is 17.1 Å². The second-order valence-corrected chi connectivity index (χ2v) is 4.75. The van der Waals surface area contributed by atoms with Crippen LogP contribution in [0.15, 0.2) is 48.5 Å². The molecule has 0 aliphatic heterocycles. The van der Waals surface area contributed by atoms with Crippen molar-refractivity contribution in [1.29, 1.82) is 5.26 Å². The van der Waals surface area contributed by atoms with Crippen LogP contribution in [0.2, 0.25) is 0 Å². The molecule has 0 saturated heterocycles. The molecule has 1 N–H and O–H groups in total. The van der Waals surface area contributed by atoms with E-state index in [9.17, 15) is 4.39 Å². The maximum Gasteiger partial charge on any atom is 0.141 e. The first-order valence-electron chi connectivity index (χ1n) is 6.73. The van der Waals surface area contributed by atoms with Crippen molar-refractivity contribution >= 4 is 5.69 Å². The summed E-state index contributed by atoms with van der Waals surface area (Å²) in [5.41, 5.74) is 2.12. The molecule has 0 saturated carbocycles. The van der Waals surface area contributed by atoms with Crippen molar-refractivity contribution in [2.45, 2.75) is 25.8 Å². The summed E-state index contributed by atoms with van der Waals surface area (Å²) in [6.07, 6.45) is 1.85. The number of benzene rings is 2. The molecule has 1 unspecified atom stereocenters. The number of hydrogen-bond donors (Lipinski definition) is 1. The molecule has 0 aromatic heterocycles. The molecule has 3 heteroatoms. The summed E-state index contributed by atoms with van der Waals surface area (Å²) in [6, 6.07) is 16.9. The van der Waals surface area contributed by atoms with Crippen LogP contribution in [0.5, 0.6) is 0 Å². The van der Waals surface area contributed by atoms with Gasteiger partial charge in [-0.1, -0.05) is 37.3 Å². The van der Waals surface area contributed by atoms with Gasteiger partial charge in [-0.15, -0.1) is 0 Å². The van der Waals surface area contributed by atoms with Crippen LogP contribution in [-0.2, 0) is 6.42 Å². The molecule has 20 heavy (non-hydrogen) atoms. The average molecular weight is 268 g/mol. The Morgan fingerprint density at radius 2 is 1.95 bits per heavy atom. The second kappa shape index (κ2) is 6.72. The number of nitrogens with zero attached hydrogens (tertiary/aromatic N) is 1. The molecule has 0 radical (unpaired) electrons. The number of rotatable bonds is 5. The van der Waals surface area contributed by atoms with E-state index in [1.807, 2.05) is 24.3 Å². The first-order valence-corrected chi connectivity index (χ1v) is 6.73. The molecule has 0 aliphatic rings. The van der Waals surface area contributed by atoms with E-state index in [0.29, 0.717) is 0 Å².